The largest absolute Gasteiger partial charge is 0.444 e. The second kappa shape index (κ2) is 6.29. The number of hydrogen-bond acceptors (Lipinski definition) is 3. The number of carbonyl (C=O) groups is 1. The molecule has 0 spiro atoms. The molecular formula is C18H28N2O2. The van der Waals surface area contributed by atoms with Crippen LogP contribution in [0.5, 0.6) is 0 Å². The third-order valence-electron chi connectivity index (χ3n) is 4.17. The van der Waals surface area contributed by atoms with Crippen LogP contribution in [0.4, 0.5) is 4.79 Å². The van der Waals surface area contributed by atoms with Crippen molar-refractivity contribution in [3.05, 3.63) is 34.9 Å². The summed E-state index contributed by atoms with van der Waals surface area (Å²) in [6.45, 7) is 11.2. The second-order valence-electron chi connectivity index (χ2n) is 7.36. The van der Waals surface area contributed by atoms with Gasteiger partial charge in [0.1, 0.15) is 5.60 Å². The standard InChI is InChI=1S/C18H28N2O2/c1-12-6-7-15(13(2)10-12)16(19)14-8-9-20(11-14)17(21)22-18(3,4)5/h6-7,10,14,16H,8-9,11,19H2,1-5H3. The number of likely N-dealkylation sites (tertiary alicyclic amines) is 1. The number of nitrogens with two attached hydrogens (primary N) is 1. The van der Waals surface area contributed by atoms with Gasteiger partial charge in [-0.25, -0.2) is 4.79 Å². The minimum atomic E-state index is -0.454. The average molecular weight is 304 g/mol. The highest BCUT2D eigenvalue weighted by atomic mass is 16.6. The first-order valence-corrected chi connectivity index (χ1v) is 7.98. The molecule has 0 aromatic heterocycles. The molecule has 4 heteroatoms. The number of nitrogens with zero attached hydrogens (tertiary/aromatic N) is 1. The van der Waals surface area contributed by atoms with Gasteiger partial charge in [0, 0.05) is 19.1 Å². The van der Waals surface area contributed by atoms with Gasteiger partial charge < -0.3 is 15.4 Å². The quantitative estimate of drug-likeness (QED) is 0.909. The lowest BCUT2D eigenvalue weighted by molar-refractivity contribution is 0.0286. The Kier molecular flexibility index (Phi) is 4.81. The maximum absolute atomic E-state index is 12.1. The average Bonchev–Trinajstić information content (AvgIpc) is 2.85. The fourth-order valence-electron chi connectivity index (χ4n) is 3.03. The van der Waals surface area contributed by atoms with Crippen molar-refractivity contribution in [2.45, 2.75) is 52.7 Å². The van der Waals surface area contributed by atoms with Crippen molar-refractivity contribution in [3.8, 4) is 0 Å². The Bertz CT molecular complexity index is 549. The van der Waals surface area contributed by atoms with Gasteiger partial charge in [-0.15, -0.1) is 0 Å². The molecule has 1 aromatic rings. The third-order valence-corrected chi connectivity index (χ3v) is 4.17. The second-order valence-corrected chi connectivity index (χ2v) is 7.36. The van der Waals surface area contributed by atoms with Gasteiger partial charge in [0.25, 0.3) is 0 Å². The van der Waals surface area contributed by atoms with E-state index in [2.05, 4.69) is 32.0 Å². The van der Waals surface area contributed by atoms with Crippen molar-refractivity contribution in [2.75, 3.05) is 13.1 Å². The van der Waals surface area contributed by atoms with Crippen LogP contribution in [-0.4, -0.2) is 29.7 Å². The fourth-order valence-corrected chi connectivity index (χ4v) is 3.03. The molecule has 2 atom stereocenters. The van der Waals surface area contributed by atoms with E-state index < -0.39 is 5.60 Å². The SMILES string of the molecule is Cc1ccc(C(N)C2CCN(C(=O)OC(C)(C)C)C2)c(C)c1. The zero-order chi connectivity index (χ0) is 16.5. The number of aryl methyl sites for hydroxylation is 2. The van der Waals surface area contributed by atoms with Crippen LogP contribution in [0.2, 0.25) is 0 Å². The number of benzene rings is 1. The lowest BCUT2D eigenvalue weighted by Gasteiger charge is -2.25. The Balaban J connectivity index is 2.02. The van der Waals surface area contributed by atoms with Gasteiger partial charge in [0.15, 0.2) is 0 Å². The van der Waals surface area contributed by atoms with Crippen molar-refractivity contribution in [3.63, 3.8) is 0 Å². The topological polar surface area (TPSA) is 55.6 Å². The molecule has 1 aliphatic rings. The number of hydrogen-bond donors (Lipinski definition) is 1. The maximum atomic E-state index is 12.1. The summed E-state index contributed by atoms with van der Waals surface area (Å²) in [5.74, 6) is 0.286. The molecule has 0 aliphatic carbocycles. The van der Waals surface area contributed by atoms with Gasteiger partial charge in [-0.3, -0.25) is 0 Å². The molecule has 22 heavy (non-hydrogen) atoms. The first kappa shape index (κ1) is 16.8. The molecule has 1 aromatic carbocycles. The molecule has 4 nitrogen and oxygen atoms in total. The highest BCUT2D eigenvalue weighted by Crippen LogP contribution is 2.31. The molecule has 2 N–H and O–H groups in total. The first-order chi connectivity index (χ1) is 10.2. The minimum Gasteiger partial charge on any atom is -0.444 e. The molecule has 1 amide bonds. The van der Waals surface area contributed by atoms with Gasteiger partial charge in [0.2, 0.25) is 0 Å². The van der Waals surface area contributed by atoms with Gasteiger partial charge >= 0.3 is 6.09 Å². The summed E-state index contributed by atoms with van der Waals surface area (Å²) in [7, 11) is 0. The Labute approximate surface area is 133 Å². The molecule has 0 radical (unpaired) electrons. The lowest BCUT2D eigenvalue weighted by Crippen LogP contribution is -2.36. The van der Waals surface area contributed by atoms with E-state index in [4.69, 9.17) is 10.5 Å². The van der Waals surface area contributed by atoms with Gasteiger partial charge in [-0.2, -0.15) is 0 Å². The van der Waals surface area contributed by atoms with Crippen LogP contribution in [-0.2, 0) is 4.74 Å². The van der Waals surface area contributed by atoms with E-state index in [1.807, 2.05) is 20.8 Å². The van der Waals surface area contributed by atoms with Crippen LogP contribution in [0, 0.1) is 19.8 Å². The van der Waals surface area contributed by atoms with Crippen molar-refractivity contribution in [2.24, 2.45) is 11.7 Å². The van der Waals surface area contributed by atoms with E-state index in [-0.39, 0.29) is 18.1 Å². The molecular weight excluding hydrogens is 276 g/mol. The predicted molar refractivity (Wildman–Crippen MR) is 88.8 cm³/mol. The molecule has 1 fully saturated rings. The van der Waals surface area contributed by atoms with Crippen molar-refractivity contribution >= 4 is 6.09 Å². The van der Waals surface area contributed by atoms with Crippen LogP contribution < -0.4 is 5.73 Å². The normalized spacial score (nSPS) is 20.1. The fraction of sp³-hybridized carbons (Fsp3) is 0.611. The molecule has 2 rings (SSSR count). The summed E-state index contributed by atoms with van der Waals surface area (Å²) in [6.07, 6.45) is 0.691. The van der Waals surface area contributed by atoms with Crippen LogP contribution >= 0.6 is 0 Å². The Morgan fingerprint density at radius 2 is 2.05 bits per heavy atom. The molecule has 122 valence electrons. The van der Waals surface area contributed by atoms with Crippen LogP contribution in [0.3, 0.4) is 0 Å². The van der Waals surface area contributed by atoms with Gasteiger partial charge in [0.05, 0.1) is 0 Å². The highest BCUT2D eigenvalue weighted by Gasteiger charge is 2.33. The third kappa shape index (κ3) is 4.01. The molecule has 2 unspecified atom stereocenters. The number of rotatable bonds is 2. The summed E-state index contributed by atoms with van der Waals surface area (Å²) < 4.78 is 5.44. The van der Waals surface area contributed by atoms with Crippen molar-refractivity contribution in [1.82, 2.24) is 4.90 Å². The van der Waals surface area contributed by atoms with Crippen LogP contribution in [0.25, 0.3) is 0 Å². The molecule has 1 saturated heterocycles. The van der Waals surface area contributed by atoms with E-state index in [1.54, 1.807) is 4.90 Å². The number of ether oxygens (including phenoxy) is 1. The zero-order valence-corrected chi connectivity index (χ0v) is 14.3. The predicted octanol–water partition coefficient (Wildman–Crippen LogP) is 3.56. The Morgan fingerprint density at radius 1 is 1.36 bits per heavy atom. The smallest absolute Gasteiger partial charge is 0.410 e. The molecule has 0 bridgehead atoms. The van der Waals surface area contributed by atoms with E-state index in [9.17, 15) is 4.79 Å². The summed E-state index contributed by atoms with van der Waals surface area (Å²) in [4.78, 5) is 13.9. The summed E-state index contributed by atoms with van der Waals surface area (Å²) in [6, 6.07) is 6.34. The van der Waals surface area contributed by atoms with E-state index >= 15 is 0 Å². The lowest BCUT2D eigenvalue weighted by atomic mass is 9.90. The van der Waals surface area contributed by atoms with Gasteiger partial charge in [-0.1, -0.05) is 23.8 Å². The van der Waals surface area contributed by atoms with E-state index in [0.29, 0.717) is 6.54 Å². The Hall–Kier alpha value is -1.55. The van der Waals surface area contributed by atoms with Crippen molar-refractivity contribution in [1.29, 1.82) is 0 Å². The van der Waals surface area contributed by atoms with Crippen LogP contribution in [0.1, 0.15) is 49.9 Å². The minimum absolute atomic E-state index is 0.0342. The van der Waals surface area contributed by atoms with Crippen LogP contribution in [0.15, 0.2) is 18.2 Å². The van der Waals surface area contributed by atoms with Gasteiger partial charge in [-0.05, 0) is 58.1 Å². The number of amides is 1. The highest BCUT2D eigenvalue weighted by molar-refractivity contribution is 5.68. The summed E-state index contributed by atoms with van der Waals surface area (Å²) in [5.41, 5.74) is 9.66. The number of carbonyl (C=O) groups excluding carboxylic acids is 1. The van der Waals surface area contributed by atoms with E-state index in [0.717, 1.165) is 13.0 Å². The summed E-state index contributed by atoms with van der Waals surface area (Å²) >= 11 is 0. The summed E-state index contributed by atoms with van der Waals surface area (Å²) in [5, 5.41) is 0. The van der Waals surface area contributed by atoms with Crippen molar-refractivity contribution < 1.29 is 9.53 Å². The first-order valence-electron chi connectivity index (χ1n) is 7.98. The molecule has 1 aliphatic heterocycles. The Morgan fingerprint density at radius 3 is 2.64 bits per heavy atom. The van der Waals surface area contributed by atoms with E-state index in [1.165, 1.54) is 16.7 Å². The zero-order valence-electron chi connectivity index (χ0n) is 14.3. The monoisotopic (exact) mass is 304 g/mol. The maximum Gasteiger partial charge on any atom is 0.410 e. The molecule has 0 saturated carbocycles. The molecule has 1 heterocycles.